The van der Waals surface area contributed by atoms with Gasteiger partial charge in [0, 0.05) is 13.4 Å². The van der Waals surface area contributed by atoms with E-state index in [4.69, 9.17) is 0 Å². The summed E-state index contributed by atoms with van der Waals surface area (Å²) in [6, 6.07) is 4.00. The van der Waals surface area contributed by atoms with Gasteiger partial charge in [-0.05, 0) is 67.9 Å². The van der Waals surface area contributed by atoms with E-state index in [1.165, 1.54) is 0 Å². The molecule has 5 nitrogen and oxygen atoms in total. The molecule has 0 aliphatic heterocycles. The minimum atomic E-state index is 0.0717. The van der Waals surface area contributed by atoms with E-state index in [-0.39, 0.29) is 6.04 Å². The van der Waals surface area contributed by atoms with E-state index >= 15 is 0 Å². The largest absolute Gasteiger partial charge is 0.308 e. The minimum Gasteiger partial charge on any atom is -0.308 e. The normalized spacial score (nSPS) is 12.7. The summed E-state index contributed by atoms with van der Waals surface area (Å²) in [7, 11) is 0. The average molecular weight is 454 g/mol. The molecule has 0 saturated carbocycles. The molecule has 1 atom stereocenters. The average Bonchev–Trinajstić information content (AvgIpc) is 2.77. The zero-order valence-corrected chi connectivity index (χ0v) is 15.1. The Bertz CT molecular complexity index is 560. The van der Waals surface area contributed by atoms with Crippen LogP contribution < -0.4 is 5.32 Å². The van der Waals surface area contributed by atoms with Gasteiger partial charge in [-0.3, -0.25) is 0 Å². The number of aromatic nitrogens is 4. The van der Waals surface area contributed by atoms with Crippen molar-refractivity contribution in [2.45, 2.75) is 19.9 Å². The first-order chi connectivity index (χ1) is 9.04. The van der Waals surface area contributed by atoms with E-state index in [2.05, 4.69) is 75.6 Å². The van der Waals surface area contributed by atoms with Crippen LogP contribution in [0.2, 0.25) is 0 Å². The van der Waals surface area contributed by atoms with Crippen molar-refractivity contribution in [2.75, 3.05) is 6.54 Å². The number of nitrogens with zero attached hydrogens (tertiary/aromatic N) is 4. The van der Waals surface area contributed by atoms with Crippen molar-refractivity contribution >= 4 is 47.8 Å². The monoisotopic (exact) mass is 451 g/mol. The molecule has 19 heavy (non-hydrogen) atoms. The maximum Gasteiger partial charge on any atom is 0.173 e. The Labute approximate surface area is 136 Å². The fourth-order valence-electron chi connectivity index (χ4n) is 1.76. The van der Waals surface area contributed by atoms with Gasteiger partial charge < -0.3 is 5.32 Å². The van der Waals surface area contributed by atoms with Crippen molar-refractivity contribution in [3.63, 3.8) is 0 Å². The second-order valence-corrected chi connectivity index (χ2v) is 6.57. The Morgan fingerprint density at radius 1 is 1.26 bits per heavy atom. The number of benzene rings is 1. The lowest BCUT2D eigenvalue weighted by Crippen LogP contribution is -2.21. The van der Waals surface area contributed by atoms with Gasteiger partial charge in [-0.15, -0.1) is 5.10 Å². The molecule has 2 rings (SSSR count). The summed E-state index contributed by atoms with van der Waals surface area (Å²) in [5.41, 5.74) is 0.882. The zero-order chi connectivity index (χ0) is 14.0. The molecule has 1 N–H and O–H groups in total. The second-order valence-electron chi connectivity index (χ2n) is 3.95. The van der Waals surface area contributed by atoms with E-state index in [9.17, 15) is 0 Å². The second kappa shape index (κ2) is 6.43. The third-order valence-corrected chi connectivity index (χ3v) is 4.25. The van der Waals surface area contributed by atoms with Crippen LogP contribution in [-0.2, 0) is 0 Å². The highest BCUT2D eigenvalue weighted by molar-refractivity contribution is 9.11. The quantitative estimate of drug-likeness (QED) is 0.768. The molecular formula is C11H12Br3N5. The molecule has 102 valence electrons. The van der Waals surface area contributed by atoms with E-state index in [1.54, 1.807) is 4.68 Å². The molecule has 1 aromatic carbocycles. The third-order valence-electron chi connectivity index (χ3n) is 2.58. The van der Waals surface area contributed by atoms with Crippen LogP contribution >= 0.6 is 47.8 Å². The molecule has 0 radical (unpaired) electrons. The molecule has 0 aliphatic carbocycles. The Hall–Kier alpha value is -0.310. The van der Waals surface area contributed by atoms with Crippen molar-refractivity contribution in [1.82, 2.24) is 25.5 Å². The SMILES string of the molecule is CCNC(C)c1nnnn1-c1c(Br)cc(Br)cc1Br. The van der Waals surface area contributed by atoms with Crippen LogP contribution in [-0.4, -0.2) is 26.8 Å². The number of hydrogen-bond donors (Lipinski definition) is 1. The fraction of sp³-hybridized carbons (Fsp3) is 0.364. The van der Waals surface area contributed by atoms with Crippen molar-refractivity contribution in [3.05, 3.63) is 31.4 Å². The molecule has 0 bridgehead atoms. The van der Waals surface area contributed by atoms with Crippen molar-refractivity contribution in [1.29, 1.82) is 0 Å². The predicted octanol–water partition coefficient (Wildman–Crippen LogP) is 3.62. The molecule has 1 unspecified atom stereocenters. The molecule has 8 heteroatoms. The molecular weight excluding hydrogens is 442 g/mol. The van der Waals surface area contributed by atoms with Crippen LogP contribution in [0.1, 0.15) is 25.7 Å². The van der Waals surface area contributed by atoms with Gasteiger partial charge in [0.05, 0.1) is 11.7 Å². The number of nitrogens with one attached hydrogen (secondary N) is 1. The first-order valence-electron chi connectivity index (χ1n) is 5.71. The summed E-state index contributed by atoms with van der Waals surface area (Å²) < 4.78 is 4.52. The Morgan fingerprint density at radius 2 is 1.89 bits per heavy atom. The molecule has 1 aromatic heterocycles. The van der Waals surface area contributed by atoms with Gasteiger partial charge in [0.25, 0.3) is 0 Å². The first kappa shape index (κ1) is 15.1. The van der Waals surface area contributed by atoms with Gasteiger partial charge >= 0.3 is 0 Å². The maximum atomic E-state index is 4.10. The lowest BCUT2D eigenvalue weighted by molar-refractivity contribution is 0.550. The lowest BCUT2D eigenvalue weighted by Gasteiger charge is -2.14. The molecule has 2 aromatic rings. The van der Waals surface area contributed by atoms with E-state index < -0.39 is 0 Å². The van der Waals surface area contributed by atoms with E-state index in [0.29, 0.717) is 0 Å². The van der Waals surface area contributed by atoms with Gasteiger partial charge in [-0.25, -0.2) is 0 Å². The van der Waals surface area contributed by atoms with Crippen LogP contribution in [0.4, 0.5) is 0 Å². The standard InChI is InChI=1S/C11H12Br3N5/c1-3-15-6(2)11-16-17-18-19(11)10-8(13)4-7(12)5-9(10)14/h4-6,15H,3H2,1-2H3. The predicted molar refractivity (Wildman–Crippen MR) is 84.3 cm³/mol. The number of rotatable bonds is 4. The number of halogens is 3. The summed E-state index contributed by atoms with van der Waals surface area (Å²) in [4.78, 5) is 0. The molecule has 0 spiro atoms. The van der Waals surface area contributed by atoms with Crippen molar-refractivity contribution in [2.24, 2.45) is 0 Å². The van der Waals surface area contributed by atoms with Crippen LogP contribution in [0.25, 0.3) is 5.69 Å². The molecule has 0 aliphatic rings. The maximum absolute atomic E-state index is 4.10. The molecule has 1 heterocycles. The third kappa shape index (κ3) is 3.24. The van der Waals surface area contributed by atoms with Gasteiger partial charge in [-0.2, -0.15) is 4.68 Å². The lowest BCUT2D eigenvalue weighted by atomic mass is 10.3. The van der Waals surface area contributed by atoms with Crippen LogP contribution in [0.5, 0.6) is 0 Å². The minimum absolute atomic E-state index is 0.0717. The van der Waals surface area contributed by atoms with Crippen molar-refractivity contribution in [3.8, 4) is 5.69 Å². The van der Waals surface area contributed by atoms with Crippen LogP contribution in [0, 0.1) is 0 Å². The van der Waals surface area contributed by atoms with Crippen molar-refractivity contribution < 1.29 is 0 Å². The zero-order valence-electron chi connectivity index (χ0n) is 10.4. The summed E-state index contributed by atoms with van der Waals surface area (Å²) >= 11 is 10.5. The van der Waals surface area contributed by atoms with Gasteiger partial charge in [0.2, 0.25) is 0 Å². The topological polar surface area (TPSA) is 55.6 Å². The number of tetrazole rings is 1. The Kier molecular flexibility index (Phi) is 5.10. The first-order valence-corrected chi connectivity index (χ1v) is 8.09. The molecule has 0 amide bonds. The Balaban J connectivity index is 2.52. The smallest absolute Gasteiger partial charge is 0.173 e. The molecule has 0 fully saturated rings. The summed E-state index contributed by atoms with van der Waals surface area (Å²) in [6.07, 6.45) is 0. The summed E-state index contributed by atoms with van der Waals surface area (Å²) in [5, 5.41) is 15.3. The van der Waals surface area contributed by atoms with Crippen LogP contribution in [0.15, 0.2) is 25.6 Å². The fourth-order valence-corrected chi connectivity index (χ4v) is 4.35. The van der Waals surface area contributed by atoms with E-state index in [1.807, 2.05) is 19.1 Å². The Morgan fingerprint density at radius 3 is 2.47 bits per heavy atom. The van der Waals surface area contributed by atoms with Gasteiger partial charge in [0.1, 0.15) is 0 Å². The highest BCUT2D eigenvalue weighted by Crippen LogP contribution is 2.33. The summed E-state index contributed by atoms with van der Waals surface area (Å²) in [5.74, 6) is 0.769. The number of hydrogen-bond acceptors (Lipinski definition) is 4. The van der Waals surface area contributed by atoms with Crippen LogP contribution in [0.3, 0.4) is 0 Å². The highest BCUT2D eigenvalue weighted by Gasteiger charge is 2.19. The highest BCUT2D eigenvalue weighted by atomic mass is 79.9. The van der Waals surface area contributed by atoms with E-state index in [0.717, 1.165) is 31.5 Å². The summed E-state index contributed by atoms with van der Waals surface area (Å²) in [6.45, 7) is 4.94. The van der Waals surface area contributed by atoms with Gasteiger partial charge in [0.15, 0.2) is 5.82 Å². The molecule has 0 saturated heterocycles. The van der Waals surface area contributed by atoms with Gasteiger partial charge in [-0.1, -0.05) is 22.9 Å².